The van der Waals surface area contributed by atoms with Crippen LogP contribution in [0.3, 0.4) is 0 Å². The number of nitrogens with one attached hydrogen (secondary N) is 2. The first-order valence-corrected chi connectivity index (χ1v) is 7.53. The predicted octanol–water partition coefficient (Wildman–Crippen LogP) is 1.35. The highest BCUT2D eigenvalue weighted by Gasteiger charge is 2.20. The molecule has 0 atom stereocenters. The number of nitrogens with zero attached hydrogens (tertiary/aromatic N) is 2. The zero-order valence-corrected chi connectivity index (χ0v) is 12.3. The molecule has 0 aliphatic carbocycles. The Morgan fingerprint density at radius 2 is 2.26 bits per heavy atom. The van der Waals surface area contributed by atoms with Crippen LogP contribution in [0.2, 0.25) is 0 Å². The number of rotatable bonds is 5. The molecule has 9 heteroatoms. The molecule has 0 unspecified atom stereocenters. The van der Waals surface area contributed by atoms with Crippen molar-refractivity contribution in [1.29, 1.82) is 0 Å². The molecular weight excluding hydrogens is 336 g/mol. The summed E-state index contributed by atoms with van der Waals surface area (Å²) in [5, 5.41) is 6.24. The molecule has 0 saturated heterocycles. The fourth-order valence-corrected chi connectivity index (χ4v) is 3.05. The second kappa shape index (κ2) is 5.68. The average molecular weight is 347 g/mol. The molecule has 0 amide bonds. The van der Waals surface area contributed by atoms with Crippen molar-refractivity contribution in [3.63, 3.8) is 0 Å². The smallest absolute Gasteiger partial charge is 0.244 e. The second-order valence-corrected chi connectivity index (χ2v) is 6.20. The SMILES string of the molecule is CNc1ncc(Br)cc1S(=O)(=O)NCc1ccno1. The van der Waals surface area contributed by atoms with Crippen molar-refractivity contribution in [2.45, 2.75) is 11.4 Å². The largest absolute Gasteiger partial charge is 0.372 e. The minimum atomic E-state index is -3.69. The topological polar surface area (TPSA) is 97.1 Å². The Morgan fingerprint density at radius 1 is 1.47 bits per heavy atom. The molecule has 0 aromatic carbocycles. The zero-order chi connectivity index (χ0) is 13.9. The number of anilines is 1. The van der Waals surface area contributed by atoms with E-state index in [2.05, 4.69) is 36.1 Å². The quantitative estimate of drug-likeness (QED) is 0.848. The van der Waals surface area contributed by atoms with Gasteiger partial charge in [-0.15, -0.1) is 0 Å². The van der Waals surface area contributed by atoms with Crippen LogP contribution in [-0.4, -0.2) is 25.6 Å². The van der Waals surface area contributed by atoms with Crippen molar-refractivity contribution in [3.05, 3.63) is 34.8 Å². The average Bonchev–Trinajstić information content (AvgIpc) is 2.89. The van der Waals surface area contributed by atoms with Gasteiger partial charge in [-0.2, -0.15) is 0 Å². The van der Waals surface area contributed by atoms with Crippen molar-refractivity contribution >= 4 is 31.8 Å². The lowest BCUT2D eigenvalue weighted by Gasteiger charge is -2.09. The first kappa shape index (κ1) is 14.0. The van der Waals surface area contributed by atoms with Crippen LogP contribution in [-0.2, 0) is 16.6 Å². The van der Waals surface area contributed by atoms with E-state index in [9.17, 15) is 8.42 Å². The molecule has 2 rings (SSSR count). The van der Waals surface area contributed by atoms with Gasteiger partial charge in [0, 0.05) is 23.8 Å². The number of aromatic nitrogens is 2. The van der Waals surface area contributed by atoms with E-state index in [1.165, 1.54) is 18.5 Å². The van der Waals surface area contributed by atoms with E-state index in [4.69, 9.17) is 4.52 Å². The van der Waals surface area contributed by atoms with Gasteiger partial charge in [-0.1, -0.05) is 5.16 Å². The third-order valence-corrected chi connectivity index (χ3v) is 4.12. The molecular formula is C10H11BrN4O3S. The van der Waals surface area contributed by atoms with E-state index in [0.717, 1.165) is 0 Å². The molecule has 0 radical (unpaired) electrons. The first-order valence-electron chi connectivity index (χ1n) is 5.25. The Kier molecular flexibility index (Phi) is 4.17. The number of hydrogen-bond donors (Lipinski definition) is 2. The molecule has 2 N–H and O–H groups in total. The van der Waals surface area contributed by atoms with Gasteiger partial charge in [-0.25, -0.2) is 18.1 Å². The van der Waals surface area contributed by atoms with Crippen molar-refractivity contribution < 1.29 is 12.9 Å². The fraction of sp³-hybridized carbons (Fsp3) is 0.200. The summed E-state index contributed by atoms with van der Waals surface area (Å²) in [6.45, 7) is 0.0258. The lowest BCUT2D eigenvalue weighted by molar-refractivity contribution is 0.380. The third kappa shape index (κ3) is 3.31. The number of sulfonamides is 1. The summed E-state index contributed by atoms with van der Waals surface area (Å²) in [7, 11) is -2.09. The highest BCUT2D eigenvalue weighted by molar-refractivity contribution is 9.10. The van der Waals surface area contributed by atoms with Gasteiger partial charge in [0.2, 0.25) is 10.0 Å². The third-order valence-electron chi connectivity index (χ3n) is 2.27. The van der Waals surface area contributed by atoms with Gasteiger partial charge in [-0.3, -0.25) is 0 Å². The Bertz CT molecular complexity index is 657. The van der Waals surface area contributed by atoms with Crippen molar-refractivity contribution in [2.75, 3.05) is 12.4 Å². The molecule has 0 spiro atoms. The first-order chi connectivity index (χ1) is 9.03. The highest BCUT2D eigenvalue weighted by Crippen LogP contribution is 2.22. The van der Waals surface area contributed by atoms with Crippen LogP contribution < -0.4 is 10.0 Å². The summed E-state index contributed by atoms with van der Waals surface area (Å²) in [6.07, 6.45) is 2.96. The van der Waals surface area contributed by atoms with Gasteiger partial charge >= 0.3 is 0 Å². The molecule has 0 fully saturated rings. The van der Waals surface area contributed by atoms with Crippen LogP contribution in [0.15, 0.2) is 38.4 Å². The van der Waals surface area contributed by atoms with Gasteiger partial charge in [0.25, 0.3) is 0 Å². The predicted molar refractivity (Wildman–Crippen MR) is 72.0 cm³/mol. The maximum Gasteiger partial charge on any atom is 0.244 e. The minimum absolute atomic E-state index is 0.0258. The van der Waals surface area contributed by atoms with E-state index < -0.39 is 10.0 Å². The fourth-order valence-electron chi connectivity index (χ4n) is 1.39. The van der Waals surface area contributed by atoms with Crippen LogP contribution in [0.5, 0.6) is 0 Å². The monoisotopic (exact) mass is 346 g/mol. The Morgan fingerprint density at radius 3 is 2.89 bits per heavy atom. The number of hydrogen-bond acceptors (Lipinski definition) is 6. The van der Waals surface area contributed by atoms with Crippen molar-refractivity contribution in [1.82, 2.24) is 14.9 Å². The van der Waals surface area contributed by atoms with Crippen LogP contribution in [0.4, 0.5) is 5.82 Å². The van der Waals surface area contributed by atoms with Gasteiger partial charge < -0.3 is 9.84 Å². The maximum absolute atomic E-state index is 12.2. The molecule has 0 bridgehead atoms. The molecule has 0 aliphatic rings. The van der Waals surface area contributed by atoms with Crippen molar-refractivity contribution in [2.24, 2.45) is 0 Å². The molecule has 19 heavy (non-hydrogen) atoms. The molecule has 2 aromatic rings. The molecule has 2 heterocycles. The van der Waals surface area contributed by atoms with E-state index in [-0.39, 0.29) is 17.3 Å². The van der Waals surface area contributed by atoms with Gasteiger partial charge in [0.15, 0.2) is 5.76 Å². The Hall–Kier alpha value is -1.45. The van der Waals surface area contributed by atoms with Gasteiger partial charge in [0.05, 0.1) is 12.7 Å². The second-order valence-electron chi connectivity index (χ2n) is 3.55. The summed E-state index contributed by atoms with van der Waals surface area (Å²) in [6, 6.07) is 3.06. The lowest BCUT2D eigenvalue weighted by Crippen LogP contribution is -2.24. The Labute approximate surface area is 118 Å². The van der Waals surface area contributed by atoms with Gasteiger partial charge in [0.1, 0.15) is 10.7 Å². The maximum atomic E-state index is 12.2. The molecule has 0 saturated carbocycles. The summed E-state index contributed by atoms with van der Waals surface area (Å²) in [4.78, 5) is 4.05. The van der Waals surface area contributed by atoms with Gasteiger partial charge in [-0.05, 0) is 22.0 Å². The van der Waals surface area contributed by atoms with E-state index in [1.54, 1.807) is 13.1 Å². The summed E-state index contributed by atoms with van der Waals surface area (Å²) < 4.78 is 32.2. The molecule has 2 aromatic heterocycles. The van der Waals surface area contributed by atoms with Crippen LogP contribution in [0.1, 0.15) is 5.76 Å². The zero-order valence-electron chi connectivity index (χ0n) is 9.92. The van der Waals surface area contributed by atoms with Crippen LogP contribution in [0, 0.1) is 0 Å². The standard InChI is InChI=1S/C10H11BrN4O3S/c1-12-10-9(4-7(11)5-13-10)19(16,17)15-6-8-2-3-14-18-8/h2-5,15H,6H2,1H3,(H,12,13). The Balaban J connectivity index is 2.26. The molecule has 0 aliphatic heterocycles. The van der Waals surface area contributed by atoms with E-state index in [1.807, 2.05) is 0 Å². The normalized spacial score (nSPS) is 11.5. The highest BCUT2D eigenvalue weighted by atomic mass is 79.9. The van der Waals surface area contributed by atoms with Crippen molar-refractivity contribution in [3.8, 4) is 0 Å². The summed E-state index contributed by atoms with van der Waals surface area (Å²) in [5.41, 5.74) is 0. The molecule has 7 nitrogen and oxygen atoms in total. The minimum Gasteiger partial charge on any atom is -0.372 e. The number of pyridine rings is 1. The number of halogens is 1. The summed E-state index contributed by atoms with van der Waals surface area (Å²) >= 11 is 3.20. The lowest BCUT2D eigenvalue weighted by atomic mass is 10.4. The van der Waals surface area contributed by atoms with E-state index >= 15 is 0 Å². The van der Waals surface area contributed by atoms with Crippen LogP contribution in [0.25, 0.3) is 0 Å². The summed E-state index contributed by atoms with van der Waals surface area (Å²) in [5.74, 6) is 0.700. The van der Waals surface area contributed by atoms with Crippen LogP contribution >= 0.6 is 15.9 Å². The van der Waals surface area contributed by atoms with E-state index in [0.29, 0.717) is 10.2 Å². The molecule has 102 valence electrons.